The van der Waals surface area contributed by atoms with Crippen LogP contribution in [0.1, 0.15) is 12.5 Å². The quantitative estimate of drug-likeness (QED) is 0.818. The molecule has 12 heavy (non-hydrogen) atoms. The summed E-state index contributed by atoms with van der Waals surface area (Å²) in [5, 5.41) is 9.59. The van der Waals surface area contributed by atoms with Crippen LogP contribution in [0.25, 0.3) is 0 Å². The highest BCUT2D eigenvalue weighted by Crippen LogP contribution is 2.19. The Kier molecular flexibility index (Phi) is 3.50. The van der Waals surface area contributed by atoms with E-state index >= 15 is 0 Å². The number of nitrogens with zero attached hydrogens (tertiary/aromatic N) is 1. The molecule has 1 rings (SSSR count). The first-order valence-corrected chi connectivity index (χ1v) is 4.74. The van der Waals surface area contributed by atoms with Crippen molar-refractivity contribution in [2.24, 2.45) is 0 Å². The Hall–Kier alpha value is -0.120. The number of pyridine rings is 1. The van der Waals surface area contributed by atoms with Crippen molar-refractivity contribution in [1.82, 2.24) is 4.98 Å². The molecule has 0 saturated heterocycles. The minimum absolute atomic E-state index is 0.361. The van der Waals surface area contributed by atoms with Crippen molar-refractivity contribution in [2.45, 2.75) is 19.4 Å². The first-order chi connectivity index (χ1) is 5.59. The summed E-state index contributed by atoms with van der Waals surface area (Å²) < 4.78 is 0.882. The highest BCUT2D eigenvalue weighted by Gasteiger charge is 2.04. The van der Waals surface area contributed by atoms with Crippen LogP contribution in [0.5, 0.6) is 0 Å². The molecule has 1 aromatic rings. The van der Waals surface area contributed by atoms with Gasteiger partial charge < -0.3 is 5.11 Å². The molecule has 0 aromatic carbocycles. The number of rotatable bonds is 2. The summed E-state index contributed by atoms with van der Waals surface area (Å²) in [6.07, 6.45) is 1.86. The second kappa shape index (κ2) is 4.21. The highest BCUT2D eigenvalue weighted by molar-refractivity contribution is 9.10. The second-order valence-corrected chi connectivity index (χ2v) is 3.89. The van der Waals surface area contributed by atoms with Crippen LogP contribution in [-0.2, 0) is 6.42 Å². The van der Waals surface area contributed by atoms with Gasteiger partial charge in [-0.15, -0.1) is 0 Å². The Morgan fingerprint density at radius 1 is 1.75 bits per heavy atom. The standard InChI is InChI=1S/C8H9BrClNO/c1-5(12)2-6-3-8(10)11-4-7(6)9/h3-5,12H,2H2,1H3/t5-/m1/s1. The molecule has 0 spiro atoms. The van der Waals surface area contributed by atoms with Gasteiger partial charge in [-0.1, -0.05) is 11.6 Å². The zero-order chi connectivity index (χ0) is 9.14. The van der Waals surface area contributed by atoms with E-state index in [0.717, 1.165) is 10.0 Å². The molecule has 0 aliphatic heterocycles. The molecule has 1 N–H and O–H groups in total. The number of aliphatic hydroxyl groups excluding tert-OH is 1. The normalized spacial score (nSPS) is 13.0. The van der Waals surface area contributed by atoms with Gasteiger partial charge in [-0.3, -0.25) is 0 Å². The molecular formula is C8H9BrClNO. The van der Waals surface area contributed by atoms with E-state index in [4.69, 9.17) is 16.7 Å². The van der Waals surface area contributed by atoms with E-state index in [2.05, 4.69) is 20.9 Å². The number of hydrogen-bond acceptors (Lipinski definition) is 2. The maximum atomic E-state index is 9.14. The first-order valence-electron chi connectivity index (χ1n) is 3.57. The lowest BCUT2D eigenvalue weighted by atomic mass is 10.1. The van der Waals surface area contributed by atoms with Crippen molar-refractivity contribution in [3.05, 3.63) is 27.5 Å². The van der Waals surface area contributed by atoms with Gasteiger partial charge in [-0.2, -0.15) is 0 Å². The molecule has 1 heterocycles. The average molecular weight is 251 g/mol. The summed E-state index contributed by atoms with van der Waals surface area (Å²) in [4.78, 5) is 3.88. The van der Waals surface area contributed by atoms with Crippen molar-refractivity contribution in [2.75, 3.05) is 0 Å². The van der Waals surface area contributed by atoms with E-state index in [0.29, 0.717) is 11.6 Å². The van der Waals surface area contributed by atoms with Gasteiger partial charge in [0.2, 0.25) is 0 Å². The molecule has 66 valence electrons. The van der Waals surface area contributed by atoms with Gasteiger partial charge >= 0.3 is 0 Å². The molecule has 0 aliphatic carbocycles. The predicted octanol–water partition coefficient (Wildman–Crippen LogP) is 2.42. The summed E-state index contributed by atoms with van der Waals surface area (Å²) in [5.74, 6) is 0. The predicted molar refractivity (Wildman–Crippen MR) is 52.3 cm³/mol. The molecule has 1 aromatic heterocycles. The van der Waals surface area contributed by atoms with Gasteiger partial charge in [0.05, 0.1) is 6.10 Å². The van der Waals surface area contributed by atoms with Crippen LogP contribution in [0.2, 0.25) is 5.15 Å². The molecule has 0 aliphatic rings. The van der Waals surface area contributed by atoms with Gasteiger partial charge in [0, 0.05) is 10.7 Å². The van der Waals surface area contributed by atoms with Crippen molar-refractivity contribution in [3.63, 3.8) is 0 Å². The lowest BCUT2D eigenvalue weighted by Gasteiger charge is -2.06. The van der Waals surface area contributed by atoms with Crippen LogP contribution >= 0.6 is 27.5 Å². The van der Waals surface area contributed by atoms with E-state index in [1.165, 1.54) is 0 Å². The van der Waals surface area contributed by atoms with Crippen molar-refractivity contribution in [3.8, 4) is 0 Å². The zero-order valence-electron chi connectivity index (χ0n) is 6.59. The maximum absolute atomic E-state index is 9.14. The Labute approximate surface area is 84.7 Å². The number of aliphatic hydroxyl groups is 1. The van der Waals surface area contributed by atoms with E-state index in [-0.39, 0.29) is 6.10 Å². The number of halogens is 2. The Morgan fingerprint density at radius 2 is 2.42 bits per heavy atom. The van der Waals surface area contributed by atoms with Crippen molar-refractivity contribution < 1.29 is 5.11 Å². The van der Waals surface area contributed by atoms with Crippen LogP contribution in [0.4, 0.5) is 0 Å². The van der Waals surface area contributed by atoms with E-state index in [1.54, 1.807) is 19.2 Å². The van der Waals surface area contributed by atoms with Gasteiger partial charge in [-0.05, 0) is 40.9 Å². The maximum Gasteiger partial charge on any atom is 0.129 e. The molecule has 0 fully saturated rings. The molecule has 0 amide bonds. The van der Waals surface area contributed by atoms with Crippen LogP contribution in [-0.4, -0.2) is 16.2 Å². The molecule has 0 saturated carbocycles. The third-order valence-corrected chi connectivity index (χ3v) is 2.34. The van der Waals surface area contributed by atoms with Crippen molar-refractivity contribution in [1.29, 1.82) is 0 Å². The fraction of sp³-hybridized carbons (Fsp3) is 0.375. The zero-order valence-corrected chi connectivity index (χ0v) is 8.93. The fourth-order valence-electron chi connectivity index (χ4n) is 0.926. The van der Waals surface area contributed by atoms with Crippen LogP contribution in [0.3, 0.4) is 0 Å². The summed E-state index contributed by atoms with van der Waals surface area (Å²) >= 11 is 9.01. The van der Waals surface area contributed by atoms with Gasteiger partial charge in [0.15, 0.2) is 0 Å². The lowest BCUT2D eigenvalue weighted by molar-refractivity contribution is 0.195. The Morgan fingerprint density at radius 3 is 3.00 bits per heavy atom. The highest BCUT2D eigenvalue weighted by atomic mass is 79.9. The lowest BCUT2D eigenvalue weighted by Crippen LogP contribution is -2.04. The Balaban J connectivity index is 2.90. The Bertz CT molecular complexity index is 278. The SMILES string of the molecule is C[C@@H](O)Cc1cc(Cl)ncc1Br. The number of aromatic nitrogens is 1. The minimum Gasteiger partial charge on any atom is -0.393 e. The van der Waals surface area contributed by atoms with Crippen LogP contribution < -0.4 is 0 Å². The molecule has 0 bridgehead atoms. The second-order valence-electron chi connectivity index (χ2n) is 2.65. The van der Waals surface area contributed by atoms with E-state index in [9.17, 15) is 0 Å². The van der Waals surface area contributed by atoms with Crippen LogP contribution in [0, 0.1) is 0 Å². The van der Waals surface area contributed by atoms with Crippen LogP contribution in [0.15, 0.2) is 16.7 Å². The first kappa shape index (κ1) is 9.96. The van der Waals surface area contributed by atoms with Crippen molar-refractivity contribution >= 4 is 27.5 Å². The molecule has 0 radical (unpaired) electrons. The summed E-state index contributed by atoms with van der Waals surface area (Å²) in [6.45, 7) is 1.74. The van der Waals surface area contributed by atoms with Gasteiger partial charge in [-0.25, -0.2) is 4.98 Å². The number of hydrogen-bond donors (Lipinski definition) is 1. The summed E-state index contributed by atoms with van der Waals surface area (Å²) in [7, 11) is 0. The molecular weight excluding hydrogens is 241 g/mol. The summed E-state index contributed by atoms with van der Waals surface area (Å²) in [5.41, 5.74) is 0.977. The minimum atomic E-state index is -0.361. The fourth-order valence-corrected chi connectivity index (χ4v) is 1.49. The average Bonchev–Trinajstić information content (AvgIpc) is 1.96. The summed E-state index contributed by atoms with van der Waals surface area (Å²) in [6, 6.07) is 1.75. The molecule has 4 heteroatoms. The third-order valence-electron chi connectivity index (χ3n) is 1.42. The van der Waals surface area contributed by atoms with Gasteiger partial charge in [0.25, 0.3) is 0 Å². The molecule has 1 atom stereocenters. The monoisotopic (exact) mass is 249 g/mol. The molecule has 0 unspecified atom stereocenters. The third kappa shape index (κ3) is 2.73. The molecule has 2 nitrogen and oxygen atoms in total. The van der Waals surface area contributed by atoms with Gasteiger partial charge in [0.1, 0.15) is 5.15 Å². The van der Waals surface area contributed by atoms with E-state index < -0.39 is 0 Å². The largest absolute Gasteiger partial charge is 0.393 e. The topological polar surface area (TPSA) is 33.1 Å². The van der Waals surface area contributed by atoms with E-state index in [1.807, 2.05) is 0 Å². The smallest absolute Gasteiger partial charge is 0.129 e.